The van der Waals surface area contributed by atoms with E-state index in [1.165, 1.54) is 12.1 Å². The van der Waals surface area contributed by atoms with Gasteiger partial charge in [0.2, 0.25) is 5.75 Å². The van der Waals surface area contributed by atoms with Gasteiger partial charge in [-0.1, -0.05) is 17.7 Å². The Morgan fingerprint density at radius 1 is 1.35 bits per heavy atom. The van der Waals surface area contributed by atoms with Crippen molar-refractivity contribution in [3.05, 3.63) is 33.3 Å². The molecular weight excluding hydrogens is 246 g/mol. The lowest BCUT2D eigenvalue weighted by molar-refractivity contribution is -0.385. The van der Waals surface area contributed by atoms with E-state index in [0.717, 1.165) is 12.8 Å². The van der Waals surface area contributed by atoms with Gasteiger partial charge in [-0.3, -0.25) is 10.1 Å². The van der Waals surface area contributed by atoms with E-state index in [1.54, 1.807) is 6.07 Å². The Labute approximate surface area is 104 Å². The van der Waals surface area contributed by atoms with Crippen LogP contribution < -0.4 is 4.74 Å². The number of nitro groups is 1. The monoisotopic (exact) mass is 259 g/mol. The molecule has 94 valence electrons. The molecule has 0 saturated heterocycles. The van der Waals surface area contributed by atoms with Crippen molar-refractivity contribution in [3.63, 3.8) is 0 Å². The molecule has 1 rings (SSSR count). The molecule has 0 fully saturated rings. The van der Waals surface area contributed by atoms with Crippen LogP contribution in [0.5, 0.6) is 5.75 Å². The summed E-state index contributed by atoms with van der Waals surface area (Å²) in [6, 6.07) is 4.42. The van der Waals surface area contributed by atoms with Crippen molar-refractivity contribution in [2.45, 2.75) is 19.3 Å². The van der Waals surface area contributed by atoms with Crippen molar-refractivity contribution < 1.29 is 14.8 Å². The summed E-state index contributed by atoms with van der Waals surface area (Å²) in [7, 11) is 0. The van der Waals surface area contributed by atoms with Crippen LogP contribution in [-0.2, 0) is 0 Å². The Balaban J connectivity index is 2.60. The van der Waals surface area contributed by atoms with Crippen LogP contribution in [0.15, 0.2) is 18.2 Å². The van der Waals surface area contributed by atoms with Crippen molar-refractivity contribution >= 4 is 17.3 Å². The number of para-hydroxylation sites is 1. The summed E-state index contributed by atoms with van der Waals surface area (Å²) >= 11 is 5.84. The Bertz CT molecular complexity index is 384. The Morgan fingerprint density at radius 2 is 2.12 bits per heavy atom. The van der Waals surface area contributed by atoms with Crippen LogP contribution in [0, 0.1) is 10.1 Å². The van der Waals surface area contributed by atoms with E-state index in [4.69, 9.17) is 21.4 Å². The first-order valence-corrected chi connectivity index (χ1v) is 5.71. The lowest BCUT2D eigenvalue weighted by atomic mass is 10.2. The predicted octanol–water partition coefficient (Wildman–Crippen LogP) is 2.79. The highest BCUT2D eigenvalue weighted by Gasteiger charge is 2.17. The largest absolute Gasteiger partial charge is 0.486 e. The third-order valence-electron chi connectivity index (χ3n) is 2.19. The highest BCUT2D eigenvalue weighted by atomic mass is 35.5. The highest BCUT2D eigenvalue weighted by Crippen LogP contribution is 2.34. The number of halogens is 1. The van der Waals surface area contributed by atoms with E-state index in [-0.39, 0.29) is 23.1 Å². The number of hydrogen-bond acceptors (Lipinski definition) is 4. The minimum absolute atomic E-state index is 0.114. The summed E-state index contributed by atoms with van der Waals surface area (Å²) in [4.78, 5) is 10.2. The van der Waals surface area contributed by atoms with Crippen LogP contribution in [0.1, 0.15) is 19.3 Å². The molecule has 1 N–H and O–H groups in total. The molecule has 0 amide bonds. The van der Waals surface area contributed by atoms with Crippen LogP contribution in [0.25, 0.3) is 0 Å². The fourth-order valence-corrected chi connectivity index (χ4v) is 1.57. The van der Waals surface area contributed by atoms with Gasteiger partial charge in [-0.25, -0.2) is 0 Å². The third-order valence-corrected chi connectivity index (χ3v) is 2.49. The fourth-order valence-electron chi connectivity index (χ4n) is 1.35. The number of unbranched alkanes of at least 4 members (excludes halogenated alkanes) is 2. The SMILES string of the molecule is O=[N+]([O-])c1cccc(Cl)c1OCCCCCO. The molecule has 0 bridgehead atoms. The van der Waals surface area contributed by atoms with Gasteiger partial charge in [0.05, 0.1) is 16.6 Å². The molecule has 0 atom stereocenters. The van der Waals surface area contributed by atoms with E-state index in [2.05, 4.69) is 0 Å². The number of nitro benzene ring substituents is 1. The highest BCUT2D eigenvalue weighted by molar-refractivity contribution is 6.32. The van der Waals surface area contributed by atoms with Crippen molar-refractivity contribution in [2.75, 3.05) is 13.2 Å². The van der Waals surface area contributed by atoms with Gasteiger partial charge in [0.15, 0.2) is 0 Å². The summed E-state index contributed by atoms with van der Waals surface area (Å²) in [5.74, 6) is 0.114. The van der Waals surface area contributed by atoms with E-state index in [1.807, 2.05) is 0 Å². The van der Waals surface area contributed by atoms with Gasteiger partial charge in [-0.15, -0.1) is 0 Å². The second-order valence-corrected chi connectivity index (χ2v) is 3.89. The molecule has 0 aliphatic heterocycles. The fraction of sp³-hybridized carbons (Fsp3) is 0.455. The van der Waals surface area contributed by atoms with Crippen molar-refractivity contribution in [1.29, 1.82) is 0 Å². The van der Waals surface area contributed by atoms with Crippen molar-refractivity contribution in [3.8, 4) is 5.75 Å². The van der Waals surface area contributed by atoms with Gasteiger partial charge in [-0.05, 0) is 25.3 Å². The van der Waals surface area contributed by atoms with Crippen LogP contribution in [-0.4, -0.2) is 23.2 Å². The molecule has 1 aromatic carbocycles. The molecule has 0 radical (unpaired) electrons. The Hall–Kier alpha value is -1.33. The number of hydrogen-bond donors (Lipinski definition) is 1. The smallest absolute Gasteiger partial charge is 0.312 e. The molecule has 0 aromatic heterocycles. The quantitative estimate of drug-likeness (QED) is 0.464. The maximum atomic E-state index is 10.7. The third kappa shape index (κ3) is 4.20. The zero-order chi connectivity index (χ0) is 12.7. The number of aliphatic hydroxyl groups is 1. The van der Waals surface area contributed by atoms with Gasteiger partial charge in [0.1, 0.15) is 0 Å². The van der Waals surface area contributed by atoms with Crippen molar-refractivity contribution in [2.24, 2.45) is 0 Å². The summed E-state index contributed by atoms with van der Waals surface area (Å²) in [5.41, 5.74) is -0.125. The summed E-state index contributed by atoms with van der Waals surface area (Å²) < 4.78 is 5.32. The normalized spacial score (nSPS) is 10.2. The molecule has 1 aromatic rings. The van der Waals surface area contributed by atoms with Gasteiger partial charge >= 0.3 is 5.69 Å². The maximum Gasteiger partial charge on any atom is 0.312 e. The van der Waals surface area contributed by atoms with E-state index >= 15 is 0 Å². The molecule has 0 heterocycles. The topological polar surface area (TPSA) is 72.6 Å². The number of aliphatic hydroxyl groups excluding tert-OH is 1. The zero-order valence-electron chi connectivity index (χ0n) is 9.26. The minimum Gasteiger partial charge on any atom is -0.486 e. The summed E-state index contributed by atoms with van der Waals surface area (Å²) in [5, 5.41) is 19.6. The minimum atomic E-state index is -0.519. The zero-order valence-corrected chi connectivity index (χ0v) is 10.0. The van der Waals surface area contributed by atoms with Crippen LogP contribution in [0.3, 0.4) is 0 Å². The summed E-state index contributed by atoms with van der Waals surface area (Å²) in [6.07, 6.45) is 2.24. The lowest BCUT2D eigenvalue weighted by Gasteiger charge is -2.07. The van der Waals surface area contributed by atoms with Gasteiger partial charge in [-0.2, -0.15) is 0 Å². The average Bonchev–Trinajstić information content (AvgIpc) is 2.30. The molecule has 0 unspecified atom stereocenters. The van der Waals surface area contributed by atoms with Crippen LogP contribution >= 0.6 is 11.6 Å². The molecular formula is C11H14ClNO4. The summed E-state index contributed by atoms with van der Waals surface area (Å²) in [6.45, 7) is 0.497. The molecule has 0 saturated carbocycles. The molecule has 6 heteroatoms. The number of benzene rings is 1. The van der Waals surface area contributed by atoms with E-state index < -0.39 is 4.92 Å². The van der Waals surface area contributed by atoms with Gasteiger partial charge < -0.3 is 9.84 Å². The molecule has 5 nitrogen and oxygen atoms in total. The Kier molecular flexibility index (Phi) is 5.72. The standard InChI is InChI=1S/C11H14ClNO4/c12-9-5-4-6-10(13(15)16)11(9)17-8-3-1-2-7-14/h4-6,14H,1-3,7-8H2. The second-order valence-electron chi connectivity index (χ2n) is 3.48. The van der Waals surface area contributed by atoms with Crippen LogP contribution in [0.4, 0.5) is 5.69 Å². The van der Waals surface area contributed by atoms with Crippen LogP contribution in [0.2, 0.25) is 5.02 Å². The molecule has 0 aliphatic carbocycles. The van der Waals surface area contributed by atoms with E-state index in [9.17, 15) is 10.1 Å². The lowest BCUT2D eigenvalue weighted by Crippen LogP contribution is -2.01. The molecule has 17 heavy (non-hydrogen) atoms. The van der Waals surface area contributed by atoms with E-state index in [0.29, 0.717) is 13.0 Å². The number of ether oxygens (including phenoxy) is 1. The molecule has 0 spiro atoms. The first-order chi connectivity index (χ1) is 8.16. The van der Waals surface area contributed by atoms with Gasteiger partial charge in [0.25, 0.3) is 0 Å². The first kappa shape index (κ1) is 13.7. The first-order valence-electron chi connectivity index (χ1n) is 5.33. The average molecular weight is 260 g/mol. The molecule has 0 aliphatic rings. The Morgan fingerprint density at radius 3 is 2.76 bits per heavy atom. The predicted molar refractivity (Wildman–Crippen MR) is 64.5 cm³/mol. The van der Waals surface area contributed by atoms with Gasteiger partial charge in [0, 0.05) is 12.7 Å². The van der Waals surface area contributed by atoms with Crippen molar-refractivity contribution in [1.82, 2.24) is 0 Å². The second kappa shape index (κ2) is 7.09. The number of rotatable bonds is 7. The maximum absolute atomic E-state index is 10.7. The number of nitrogens with zero attached hydrogens (tertiary/aromatic N) is 1.